The molecule has 84 valence electrons. The molecule has 0 aliphatic carbocycles. The molecule has 0 bridgehead atoms. The van der Waals surface area contributed by atoms with Gasteiger partial charge in [-0.3, -0.25) is 4.90 Å². The average molecular weight is 201 g/mol. The van der Waals surface area contributed by atoms with E-state index in [-0.39, 0.29) is 6.10 Å². The molecule has 1 fully saturated rings. The third-order valence-corrected chi connectivity index (χ3v) is 2.71. The number of nitrogens with zero attached hydrogens (tertiary/aromatic N) is 1. The van der Waals surface area contributed by atoms with E-state index in [4.69, 9.17) is 4.74 Å². The summed E-state index contributed by atoms with van der Waals surface area (Å²) in [6.07, 6.45) is 4.43. The summed E-state index contributed by atoms with van der Waals surface area (Å²) in [7, 11) is 0. The molecule has 0 aromatic rings. The zero-order chi connectivity index (χ0) is 10.2. The molecular weight excluding hydrogens is 178 g/mol. The van der Waals surface area contributed by atoms with Crippen molar-refractivity contribution in [3.05, 3.63) is 0 Å². The van der Waals surface area contributed by atoms with Crippen molar-refractivity contribution in [3.8, 4) is 0 Å². The van der Waals surface area contributed by atoms with E-state index in [1.165, 1.54) is 12.8 Å². The zero-order valence-corrected chi connectivity index (χ0v) is 9.24. The molecular formula is C11H23NO2. The van der Waals surface area contributed by atoms with Crippen LogP contribution in [0.1, 0.15) is 32.6 Å². The number of aliphatic hydroxyl groups excluding tert-OH is 1. The number of morpholine rings is 1. The van der Waals surface area contributed by atoms with Crippen molar-refractivity contribution in [1.29, 1.82) is 0 Å². The predicted molar refractivity (Wildman–Crippen MR) is 57.4 cm³/mol. The Morgan fingerprint density at radius 3 is 2.64 bits per heavy atom. The van der Waals surface area contributed by atoms with E-state index < -0.39 is 0 Å². The van der Waals surface area contributed by atoms with Crippen LogP contribution in [0.4, 0.5) is 0 Å². The third-order valence-electron chi connectivity index (χ3n) is 2.71. The van der Waals surface area contributed by atoms with Gasteiger partial charge in [-0.15, -0.1) is 0 Å². The zero-order valence-electron chi connectivity index (χ0n) is 9.24. The lowest BCUT2D eigenvalue weighted by atomic mass is 10.1. The Kier molecular flexibility index (Phi) is 6.15. The maximum atomic E-state index is 9.75. The molecule has 1 atom stereocenters. The fourth-order valence-corrected chi connectivity index (χ4v) is 1.80. The summed E-state index contributed by atoms with van der Waals surface area (Å²) >= 11 is 0. The SMILES string of the molecule is CCCCCC(O)CN1CCOCC1. The first-order chi connectivity index (χ1) is 6.83. The first-order valence-electron chi connectivity index (χ1n) is 5.81. The molecule has 0 amide bonds. The van der Waals surface area contributed by atoms with Crippen molar-refractivity contribution < 1.29 is 9.84 Å². The summed E-state index contributed by atoms with van der Waals surface area (Å²) in [4.78, 5) is 2.29. The number of hydrogen-bond acceptors (Lipinski definition) is 3. The van der Waals surface area contributed by atoms with Gasteiger partial charge >= 0.3 is 0 Å². The van der Waals surface area contributed by atoms with Gasteiger partial charge in [0.25, 0.3) is 0 Å². The summed E-state index contributed by atoms with van der Waals surface area (Å²) in [5, 5.41) is 9.75. The lowest BCUT2D eigenvalue weighted by molar-refractivity contribution is 0.0128. The first kappa shape index (κ1) is 12.0. The lowest BCUT2D eigenvalue weighted by Gasteiger charge is -2.28. The Morgan fingerprint density at radius 2 is 2.00 bits per heavy atom. The van der Waals surface area contributed by atoms with E-state index in [1.54, 1.807) is 0 Å². The van der Waals surface area contributed by atoms with E-state index in [2.05, 4.69) is 11.8 Å². The number of hydrogen-bond donors (Lipinski definition) is 1. The molecule has 1 aliphatic rings. The minimum Gasteiger partial charge on any atom is -0.392 e. The maximum Gasteiger partial charge on any atom is 0.0667 e. The molecule has 0 saturated carbocycles. The van der Waals surface area contributed by atoms with Gasteiger partial charge in [-0.05, 0) is 6.42 Å². The lowest BCUT2D eigenvalue weighted by Crippen LogP contribution is -2.40. The van der Waals surface area contributed by atoms with Gasteiger partial charge in [0, 0.05) is 19.6 Å². The Balaban J connectivity index is 2.03. The molecule has 0 aromatic heterocycles. The Morgan fingerprint density at radius 1 is 1.29 bits per heavy atom. The highest BCUT2D eigenvalue weighted by Gasteiger charge is 2.14. The fourth-order valence-electron chi connectivity index (χ4n) is 1.80. The monoisotopic (exact) mass is 201 g/mol. The number of rotatable bonds is 6. The molecule has 1 rings (SSSR count). The van der Waals surface area contributed by atoms with Crippen molar-refractivity contribution in [3.63, 3.8) is 0 Å². The van der Waals surface area contributed by atoms with Crippen molar-refractivity contribution in [2.75, 3.05) is 32.8 Å². The van der Waals surface area contributed by atoms with Crippen LogP contribution in [0.25, 0.3) is 0 Å². The van der Waals surface area contributed by atoms with Crippen molar-refractivity contribution >= 4 is 0 Å². The summed E-state index contributed by atoms with van der Waals surface area (Å²) in [5.41, 5.74) is 0. The smallest absolute Gasteiger partial charge is 0.0667 e. The van der Waals surface area contributed by atoms with Gasteiger partial charge in [-0.1, -0.05) is 26.2 Å². The molecule has 1 N–H and O–H groups in total. The van der Waals surface area contributed by atoms with Crippen LogP contribution in [0.15, 0.2) is 0 Å². The summed E-state index contributed by atoms with van der Waals surface area (Å²) in [6, 6.07) is 0. The average Bonchev–Trinajstić information content (AvgIpc) is 2.20. The van der Waals surface area contributed by atoms with Crippen LogP contribution < -0.4 is 0 Å². The molecule has 0 radical (unpaired) electrons. The topological polar surface area (TPSA) is 32.7 Å². The summed E-state index contributed by atoms with van der Waals surface area (Å²) < 4.78 is 5.26. The Hall–Kier alpha value is -0.120. The molecule has 1 saturated heterocycles. The van der Waals surface area contributed by atoms with E-state index in [0.717, 1.165) is 45.7 Å². The van der Waals surface area contributed by atoms with E-state index in [0.29, 0.717) is 0 Å². The molecule has 1 heterocycles. The fraction of sp³-hybridized carbons (Fsp3) is 1.00. The second kappa shape index (κ2) is 7.21. The molecule has 1 aliphatic heterocycles. The van der Waals surface area contributed by atoms with Gasteiger partial charge in [0.1, 0.15) is 0 Å². The molecule has 14 heavy (non-hydrogen) atoms. The van der Waals surface area contributed by atoms with E-state index >= 15 is 0 Å². The van der Waals surface area contributed by atoms with Gasteiger partial charge in [-0.25, -0.2) is 0 Å². The van der Waals surface area contributed by atoms with Crippen LogP contribution in [0.2, 0.25) is 0 Å². The molecule has 0 aromatic carbocycles. The van der Waals surface area contributed by atoms with Crippen LogP contribution in [0.5, 0.6) is 0 Å². The van der Waals surface area contributed by atoms with Gasteiger partial charge in [0.15, 0.2) is 0 Å². The third kappa shape index (κ3) is 4.94. The van der Waals surface area contributed by atoms with Crippen LogP contribution in [0.3, 0.4) is 0 Å². The highest BCUT2D eigenvalue weighted by molar-refractivity contribution is 4.67. The highest BCUT2D eigenvalue weighted by Crippen LogP contribution is 2.06. The number of β-amino-alcohol motifs (C(OH)–C–C–N with tert-alkyl or cyclic N) is 1. The summed E-state index contributed by atoms with van der Waals surface area (Å²) in [6.45, 7) is 6.61. The predicted octanol–water partition coefficient (Wildman–Crippen LogP) is 1.26. The van der Waals surface area contributed by atoms with Crippen LogP contribution in [0, 0.1) is 0 Å². The maximum absolute atomic E-state index is 9.75. The quantitative estimate of drug-likeness (QED) is 0.657. The van der Waals surface area contributed by atoms with Crippen molar-refractivity contribution in [2.24, 2.45) is 0 Å². The van der Waals surface area contributed by atoms with Gasteiger partial charge < -0.3 is 9.84 Å². The number of aliphatic hydroxyl groups is 1. The van der Waals surface area contributed by atoms with Crippen LogP contribution >= 0.6 is 0 Å². The number of unbranched alkanes of at least 4 members (excludes halogenated alkanes) is 2. The Bertz CT molecular complexity index is 135. The molecule has 1 unspecified atom stereocenters. The van der Waals surface area contributed by atoms with Gasteiger partial charge in [-0.2, -0.15) is 0 Å². The van der Waals surface area contributed by atoms with E-state index in [9.17, 15) is 5.11 Å². The normalized spacial score (nSPS) is 21.0. The van der Waals surface area contributed by atoms with Gasteiger partial charge in [0.05, 0.1) is 19.3 Å². The van der Waals surface area contributed by atoms with Crippen molar-refractivity contribution in [1.82, 2.24) is 4.90 Å². The summed E-state index contributed by atoms with van der Waals surface area (Å²) in [5.74, 6) is 0. The largest absolute Gasteiger partial charge is 0.392 e. The molecule has 3 nitrogen and oxygen atoms in total. The van der Waals surface area contributed by atoms with Crippen LogP contribution in [-0.2, 0) is 4.74 Å². The molecule has 3 heteroatoms. The van der Waals surface area contributed by atoms with E-state index in [1.807, 2.05) is 0 Å². The van der Waals surface area contributed by atoms with Crippen molar-refractivity contribution in [2.45, 2.75) is 38.7 Å². The standard InChI is InChI=1S/C11H23NO2/c1-2-3-4-5-11(13)10-12-6-8-14-9-7-12/h11,13H,2-10H2,1H3. The minimum absolute atomic E-state index is 0.139. The first-order valence-corrected chi connectivity index (χ1v) is 5.81. The highest BCUT2D eigenvalue weighted by atomic mass is 16.5. The Labute approximate surface area is 87.1 Å². The molecule has 0 spiro atoms. The minimum atomic E-state index is -0.139. The number of ether oxygens (including phenoxy) is 1. The second-order valence-electron chi connectivity index (χ2n) is 4.06. The second-order valence-corrected chi connectivity index (χ2v) is 4.06. The van der Waals surface area contributed by atoms with Crippen LogP contribution in [-0.4, -0.2) is 49.0 Å². The van der Waals surface area contributed by atoms with Gasteiger partial charge in [0.2, 0.25) is 0 Å².